The van der Waals surface area contributed by atoms with Gasteiger partial charge in [0.25, 0.3) is 0 Å². The van der Waals surface area contributed by atoms with E-state index in [1.807, 2.05) is 0 Å². The summed E-state index contributed by atoms with van der Waals surface area (Å²) in [5.74, 6) is 1.10. The first-order valence-corrected chi connectivity index (χ1v) is 5.61. The number of nitrogens with zero attached hydrogens (tertiary/aromatic N) is 1. The normalized spacial score (nSPS) is 11.8. The highest BCUT2D eigenvalue weighted by Crippen LogP contribution is 2.31. The minimum atomic E-state index is 0.404. The van der Waals surface area contributed by atoms with Crippen LogP contribution in [0.3, 0.4) is 0 Å². The molecule has 88 valence electrons. The average molecular weight is 270 g/mol. The minimum Gasteiger partial charge on any atom is -0.455 e. The highest BCUT2D eigenvalue weighted by atomic mass is 35.5. The maximum atomic E-state index is 8.64. The van der Waals surface area contributed by atoms with Gasteiger partial charge >= 0.3 is 0 Å². The Labute approximate surface area is 108 Å². The van der Waals surface area contributed by atoms with Crippen molar-refractivity contribution < 1.29 is 9.62 Å². The highest BCUT2D eigenvalue weighted by Gasteiger charge is 2.10. The van der Waals surface area contributed by atoms with Crippen LogP contribution in [-0.4, -0.2) is 10.9 Å². The van der Waals surface area contributed by atoms with Crippen molar-refractivity contribution in [1.29, 1.82) is 0 Å². The van der Waals surface area contributed by atoms with Crippen molar-refractivity contribution in [1.82, 2.24) is 0 Å². The molecule has 0 saturated heterocycles. The SMILES string of the molecule is C/C(=N\O)c1ccc(-c2ccc(Cl)cc2Cl)o1. The fourth-order valence-electron chi connectivity index (χ4n) is 1.42. The Kier molecular flexibility index (Phi) is 3.41. The molecule has 0 atom stereocenters. The van der Waals surface area contributed by atoms with E-state index in [9.17, 15) is 0 Å². The Morgan fingerprint density at radius 1 is 1.24 bits per heavy atom. The van der Waals surface area contributed by atoms with Gasteiger partial charge in [-0.2, -0.15) is 0 Å². The lowest BCUT2D eigenvalue weighted by Crippen LogP contribution is -1.90. The van der Waals surface area contributed by atoms with Crippen molar-refractivity contribution in [2.24, 2.45) is 5.16 Å². The molecule has 0 fully saturated rings. The largest absolute Gasteiger partial charge is 0.455 e. The highest BCUT2D eigenvalue weighted by molar-refractivity contribution is 6.36. The summed E-state index contributed by atoms with van der Waals surface area (Å²) in [4.78, 5) is 0. The third-order valence-corrected chi connectivity index (χ3v) is 2.86. The molecule has 2 aromatic rings. The number of rotatable bonds is 2. The first kappa shape index (κ1) is 12.0. The predicted molar refractivity (Wildman–Crippen MR) is 68.2 cm³/mol. The van der Waals surface area contributed by atoms with Crippen LogP contribution in [0.1, 0.15) is 12.7 Å². The summed E-state index contributed by atoms with van der Waals surface area (Å²) < 4.78 is 5.52. The van der Waals surface area contributed by atoms with Gasteiger partial charge in [-0.15, -0.1) is 0 Å². The first-order chi connectivity index (χ1) is 8.11. The predicted octanol–water partition coefficient (Wildman–Crippen LogP) is 4.45. The molecule has 5 heteroatoms. The maximum absolute atomic E-state index is 8.64. The molecule has 0 aliphatic rings. The van der Waals surface area contributed by atoms with Crippen LogP contribution in [0.2, 0.25) is 10.0 Å². The molecule has 0 bridgehead atoms. The smallest absolute Gasteiger partial charge is 0.152 e. The molecule has 0 aliphatic heterocycles. The summed E-state index contributed by atoms with van der Waals surface area (Å²) in [6.45, 7) is 1.64. The van der Waals surface area contributed by atoms with Gasteiger partial charge in [-0.25, -0.2) is 0 Å². The Balaban J connectivity index is 2.44. The van der Waals surface area contributed by atoms with Gasteiger partial charge in [-0.3, -0.25) is 0 Å². The zero-order chi connectivity index (χ0) is 12.4. The van der Waals surface area contributed by atoms with Gasteiger partial charge in [0.2, 0.25) is 0 Å². The van der Waals surface area contributed by atoms with E-state index in [2.05, 4.69) is 5.16 Å². The molecule has 1 N–H and O–H groups in total. The lowest BCUT2D eigenvalue weighted by atomic mass is 10.2. The Morgan fingerprint density at radius 2 is 2.00 bits per heavy atom. The van der Waals surface area contributed by atoms with Gasteiger partial charge in [0, 0.05) is 10.6 Å². The molecule has 0 radical (unpaired) electrons. The van der Waals surface area contributed by atoms with Crippen LogP contribution in [-0.2, 0) is 0 Å². The fraction of sp³-hybridized carbons (Fsp3) is 0.0833. The second-order valence-electron chi connectivity index (χ2n) is 3.47. The molecule has 0 aliphatic carbocycles. The van der Waals surface area contributed by atoms with Crippen LogP contribution in [0.15, 0.2) is 39.9 Å². The lowest BCUT2D eigenvalue weighted by Gasteiger charge is -2.01. The molecule has 1 aromatic heterocycles. The van der Waals surface area contributed by atoms with Gasteiger partial charge < -0.3 is 9.62 Å². The van der Waals surface area contributed by atoms with E-state index in [0.29, 0.717) is 27.3 Å². The summed E-state index contributed by atoms with van der Waals surface area (Å²) >= 11 is 11.9. The van der Waals surface area contributed by atoms with E-state index >= 15 is 0 Å². The van der Waals surface area contributed by atoms with Crippen LogP contribution in [0.25, 0.3) is 11.3 Å². The molecule has 1 heterocycles. The zero-order valence-electron chi connectivity index (χ0n) is 8.95. The topological polar surface area (TPSA) is 45.7 Å². The number of oxime groups is 1. The van der Waals surface area contributed by atoms with Crippen LogP contribution in [0.5, 0.6) is 0 Å². The first-order valence-electron chi connectivity index (χ1n) is 4.86. The Bertz CT molecular complexity index is 576. The average Bonchev–Trinajstić information content (AvgIpc) is 2.77. The molecule has 1 aromatic carbocycles. The molecule has 0 amide bonds. The number of halogens is 2. The van der Waals surface area contributed by atoms with Crippen LogP contribution in [0.4, 0.5) is 0 Å². The molecule has 0 unspecified atom stereocenters. The molecule has 17 heavy (non-hydrogen) atoms. The summed E-state index contributed by atoms with van der Waals surface area (Å²) in [5, 5.41) is 12.8. The van der Waals surface area contributed by atoms with E-state index in [-0.39, 0.29) is 0 Å². The van der Waals surface area contributed by atoms with Crippen LogP contribution in [0, 0.1) is 0 Å². The molecular formula is C12H9Cl2NO2. The second kappa shape index (κ2) is 4.82. The second-order valence-corrected chi connectivity index (χ2v) is 4.32. The summed E-state index contributed by atoms with van der Waals surface area (Å²) in [6, 6.07) is 8.64. The summed E-state index contributed by atoms with van der Waals surface area (Å²) in [7, 11) is 0. The number of benzene rings is 1. The van der Waals surface area contributed by atoms with Gasteiger partial charge in [-0.1, -0.05) is 28.4 Å². The van der Waals surface area contributed by atoms with E-state index in [1.165, 1.54) is 0 Å². The van der Waals surface area contributed by atoms with E-state index in [1.54, 1.807) is 37.3 Å². The summed E-state index contributed by atoms with van der Waals surface area (Å²) in [6.07, 6.45) is 0. The fourth-order valence-corrected chi connectivity index (χ4v) is 1.92. The third kappa shape index (κ3) is 2.46. The van der Waals surface area contributed by atoms with Gasteiger partial charge in [0.1, 0.15) is 11.5 Å². The zero-order valence-corrected chi connectivity index (χ0v) is 10.5. The van der Waals surface area contributed by atoms with Crippen molar-refractivity contribution in [3.63, 3.8) is 0 Å². The number of hydrogen-bond acceptors (Lipinski definition) is 3. The van der Waals surface area contributed by atoms with Crippen molar-refractivity contribution >= 4 is 28.9 Å². The quantitative estimate of drug-likeness (QED) is 0.497. The molecule has 0 saturated carbocycles. The molecule has 3 nitrogen and oxygen atoms in total. The van der Waals surface area contributed by atoms with Crippen molar-refractivity contribution in [3.8, 4) is 11.3 Å². The van der Waals surface area contributed by atoms with Gasteiger partial charge in [-0.05, 0) is 37.3 Å². The number of hydrogen-bond donors (Lipinski definition) is 1. The molecule has 0 spiro atoms. The maximum Gasteiger partial charge on any atom is 0.152 e. The van der Waals surface area contributed by atoms with E-state index in [0.717, 1.165) is 5.56 Å². The standard InChI is InChI=1S/C12H9Cl2NO2/c1-7(15-16)11-4-5-12(17-11)9-3-2-8(13)6-10(9)14/h2-6,16H,1H3/b15-7+. The van der Waals surface area contributed by atoms with Crippen molar-refractivity contribution in [2.75, 3.05) is 0 Å². The number of furan rings is 1. The third-order valence-electron chi connectivity index (χ3n) is 2.31. The van der Waals surface area contributed by atoms with Crippen LogP contribution < -0.4 is 0 Å². The molecule has 2 rings (SSSR count). The van der Waals surface area contributed by atoms with Gasteiger partial charge in [0.05, 0.1) is 5.02 Å². The molecular weight excluding hydrogens is 261 g/mol. The van der Waals surface area contributed by atoms with E-state index < -0.39 is 0 Å². The monoisotopic (exact) mass is 269 g/mol. The van der Waals surface area contributed by atoms with Crippen molar-refractivity contribution in [2.45, 2.75) is 6.92 Å². The summed E-state index contributed by atoms with van der Waals surface area (Å²) in [5.41, 5.74) is 1.15. The van der Waals surface area contributed by atoms with Crippen molar-refractivity contribution in [3.05, 3.63) is 46.1 Å². The Hall–Kier alpha value is -1.45. The van der Waals surface area contributed by atoms with Crippen LogP contribution >= 0.6 is 23.2 Å². The Morgan fingerprint density at radius 3 is 2.65 bits per heavy atom. The lowest BCUT2D eigenvalue weighted by molar-refractivity contribution is 0.317. The van der Waals surface area contributed by atoms with E-state index in [4.69, 9.17) is 32.8 Å². The minimum absolute atomic E-state index is 0.404. The van der Waals surface area contributed by atoms with Gasteiger partial charge in [0.15, 0.2) is 5.76 Å².